The molecule has 2 heterocycles. The van der Waals surface area contributed by atoms with Crippen molar-refractivity contribution in [1.82, 2.24) is 14.8 Å². The molecule has 0 aliphatic rings. The van der Waals surface area contributed by atoms with Gasteiger partial charge in [0, 0.05) is 32.5 Å². The highest BCUT2D eigenvalue weighted by atomic mass is 127. The molecule has 1 N–H and O–H groups in total. The molecule has 0 fully saturated rings. The SMILES string of the molecule is O=C(Nc1nc(-c2ccc(I)cc2)cs1)c1ccc(Cn2cccn2)cc1. The largest absolute Gasteiger partial charge is 0.298 e. The molecule has 0 radical (unpaired) electrons. The maximum Gasteiger partial charge on any atom is 0.257 e. The fraction of sp³-hybridized carbons (Fsp3) is 0.0500. The Bertz CT molecular complexity index is 1040. The van der Waals surface area contributed by atoms with E-state index < -0.39 is 0 Å². The molecule has 2 aromatic heterocycles. The van der Waals surface area contributed by atoms with Gasteiger partial charge in [0.05, 0.1) is 12.2 Å². The highest BCUT2D eigenvalue weighted by Crippen LogP contribution is 2.25. The van der Waals surface area contributed by atoms with Gasteiger partial charge in [-0.05, 0) is 58.5 Å². The molecule has 7 heteroatoms. The first-order valence-electron chi connectivity index (χ1n) is 8.26. The summed E-state index contributed by atoms with van der Waals surface area (Å²) in [5.74, 6) is -0.163. The number of rotatable bonds is 5. The minimum absolute atomic E-state index is 0.163. The first-order chi connectivity index (χ1) is 13.2. The number of anilines is 1. The summed E-state index contributed by atoms with van der Waals surface area (Å²) in [6, 6.07) is 17.5. The fourth-order valence-corrected chi connectivity index (χ4v) is 3.67. The van der Waals surface area contributed by atoms with Gasteiger partial charge in [-0.3, -0.25) is 14.8 Å². The minimum atomic E-state index is -0.163. The van der Waals surface area contributed by atoms with Crippen molar-refractivity contribution in [2.75, 3.05) is 5.32 Å². The van der Waals surface area contributed by atoms with E-state index in [0.717, 1.165) is 16.8 Å². The van der Waals surface area contributed by atoms with Gasteiger partial charge < -0.3 is 0 Å². The molecule has 5 nitrogen and oxygen atoms in total. The van der Waals surface area contributed by atoms with Crippen LogP contribution in [0.25, 0.3) is 11.3 Å². The smallest absolute Gasteiger partial charge is 0.257 e. The molecule has 27 heavy (non-hydrogen) atoms. The summed E-state index contributed by atoms with van der Waals surface area (Å²) < 4.78 is 3.02. The summed E-state index contributed by atoms with van der Waals surface area (Å²) in [4.78, 5) is 17.0. The zero-order valence-electron chi connectivity index (χ0n) is 14.2. The first kappa shape index (κ1) is 17.9. The third-order valence-electron chi connectivity index (χ3n) is 3.98. The van der Waals surface area contributed by atoms with Crippen LogP contribution in [0.1, 0.15) is 15.9 Å². The number of carbonyl (C=O) groups excluding carboxylic acids is 1. The predicted molar refractivity (Wildman–Crippen MR) is 116 cm³/mol. The zero-order chi connectivity index (χ0) is 18.6. The molecule has 4 rings (SSSR count). The van der Waals surface area contributed by atoms with Crippen LogP contribution in [0.5, 0.6) is 0 Å². The minimum Gasteiger partial charge on any atom is -0.298 e. The van der Waals surface area contributed by atoms with Crippen molar-refractivity contribution in [2.24, 2.45) is 0 Å². The highest BCUT2D eigenvalue weighted by Gasteiger charge is 2.10. The Kier molecular flexibility index (Phi) is 5.30. The lowest BCUT2D eigenvalue weighted by molar-refractivity contribution is 0.102. The van der Waals surface area contributed by atoms with Gasteiger partial charge in [-0.25, -0.2) is 4.98 Å². The Balaban J connectivity index is 1.42. The van der Waals surface area contributed by atoms with Crippen LogP contribution in [-0.4, -0.2) is 20.7 Å². The quantitative estimate of drug-likeness (QED) is 0.408. The summed E-state index contributed by atoms with van der Waals surface area (Å²) in [5, 5.41) is 9.60. The number of aromatic nitrogens is 3. The second kappa shape index (κ2) is 8.01. The van der Waals surface area contributed by atoms with Crippen LogP contribution < -0.4 is 5.32 Å². The molecule has 1 amide bonds. The second-order valence-electron chi connectivity index (χ2n) is 5.90. The molecule has 134 valence electrons. The third-order valence-corrected chi connectivity index (χ3v) is 5.46. The Morgan fingerprint density at radius 1 is 1.11 bits per heavy atom. The Hall–Kier alpha value is -2.52. The van der Waals surface area contributed by atoms with Gasteiger partial charge in [0.25, 0.3) is 5.91 Å². The van der Waals surface area contributed by atoms with Crippen molar-refractivity contribution in [2.45, 2.75) is 6.54 Å². The van der Waals surface area contributed by atoms with Crippen molar-refractivity contribution < 1.29 is 4.79 Å². The van der Waals surface area contributed by atoms with Crippen LogP contribution >= 0.6 is 33.9 Å². The molecular weight excluding hydrogens is 471 g/mol. The van der Waals surface area contributed by atoms with Crippen LogP contribution in [0.15, 0.2) is 72.4 Å². The normalized spacial score (nSPS) is 10.7. The summed E-state index contributed by atoms with van der Waals surface area (Å²) in [6.07, 6.45) is 3.66. The van der Waals surface area contributed by atoms with Gasteiger partial charge in [0.15, 0.2) is 5.13 Å². The van der Waals surface area contributed by atoms with Crippen LogP contribution in [-0.2, 0) is 6.54 Å². The molecule has 0 bridgehead atoms. The van der Waals surface area contributed by atoms with Gasteiger partial charge in [0.2, 0.25) is 0 Å². The number of nitrogens with one attached hydrogen (secondary N) is 1. The van der Waals surface area contributed by atoms with Crippen LogP contribution in [0, 0.1) is 3.57 Å². The van der Waals surface area contributed by atoms with Crippen molar-refractivity contribution in [3.05, 3.63) is 87.1 Å². The van der Waals surface area contributed by atoms with E-state index in [2.05, 4.69) is 38.0 Å². The van der Waals surface area contributed by atoms with Crippen molar-refractivity contribution in [1.29, 1.82) is 0 Å². The van der Waals surface area contributed by atoms with Gasteiger partial charge >= 0.3 is 0 Å². The molecule has 0 aliphatic heterocycles. The lowest BCUT2D eigenvalue weighted by atomic mass is 10.1. The van der Waals surface area contributed by atoms with E-state index in [0.29, 0.717) is 17.2 Å². The summed E-state index contributed by atoms with van der Waals surface area (Å²) in [5.41, 5.74) is 3.59. The Labute approximate surface area is 174 Å². The van der Waals surface area contributed by atoms with Gasteiger partial charge in [-0.2, -0.15) is 5.10 Å². The van der Waals surface area contributed by atoms with Crippen LogP contribution in [0.2, 0.25) is 0 Å². The maximum atomic E-state index is 12.5. The van der Waals surface area contributed by atoms with E-state index in [4.69, 9.17) is 0 Å². The van der Waals surface area contributed by atoms with Crippen LogP contribution in [0.3, 0.4) is 0 Å². The molecule has 0 spiro atoms. The summed E-state index contributed by atoms with van der Waals surface area (Å²) >= 11 is 3.69. The lowest BCUT2D eigenvalue weighted by Crippen LogP contribution is -2.11. The average molecular weight is 486 g/mol. The summed E-state index contributed by atoms with van der Waals surface area (Å²) in [6.45, 7) is 0.681. The van der Waals surface area contributed by atoms with Crippen LogP contribution in [0.4, 0.5) is 5.13 Å². The second-order valence-corrected chi connectivity index (χ2v) is 8.00. The van der Waals surface area contributed by atoms with Crippen molar-refractivity contribution in [3.8, 4) is 11.3 Å². The number of nitrogens with zero attached hydrogens (tertiary/aromatic N) is 3. The number of hydrogen-bond donors (Lipinski definition) is 1. The topological polar surface area (TPSA) is 59.8 Å². The zero-order valence-corrected chi connectivity index (χ0v) is 17.1. The Morgan fingerprint density at radius 3 is 2.59 bits per heavy atom. The number of benzene rings is 2. The molecule has 2 aromatic carbocycles. The van der Waals surface area contributed by atoms with E-state index in [1.54, 1.807) is 6.20 Å². The first-order valence-corrected chi connectivity index (χ1v) is 10.2. The highest BCUT2D eigenvalue weighted by molar-refractivity contribution is 14.1. The number of amides is 1. The number of thiazole rings is 1. The van der Waals surface area contributed by atoms with E-state index in [9.17, 15) is 4.79 Å². The van der Waals surface area contributed by atoms with E-state index in [1.165, 1.54) is 14.9 Å². The third kappa shape index (κ3) is 4.42. The lowest BCUT2D eigenvalue weighted by Gasteiger charge is -2.05. The molecule has 0 saturated heterocycles. The number of carbonyl (C=O) groups is 1. The van der Waals surface area contributed by atoms with E-state index >= 15 is 0 Å². The standard InChI is InChI=1S/C20H15IN4OS/c21-17-8-6-15(7-9-17)18-13-27-20(23-18)24-19(26)16-4-2-14(3-5-16)12-25-11-1-10-22-25/h1-11,13H,12H2,(H,23,24,26). The molecule has 0 atom stereocenters. The van der Waals surface area contributed by atoms with Gasteiger partial charge in [-0.1, -0.05) is 24.3 Å². The van der Waals surface area contributed by atoms with Gasteiger partial charge in [0.1, 0.15) is 0 Å². The molecule has 0 unspecified atom stereocenters. The Morgan fingerprint density at radius 2 is 1.89 bits per heavy atom. The monoisotopic (exact) mass is 486 g/mol. The average Bonchev–Trinajstić information content (AvgIpc) is 3.35. The molecule has 0 saturated carbocycles. The van der Waals surface area contributed by atoms with Crippen molar-refractivity contribution in [3.63, 3.8) is 0 Å². The predicted octanol–water partition coefficient (Wildman–Crippen LogP) is 4.91. The van der Waals surface area contributed by atoms with Crippen molar-refractivity contribution >= 4 is 45.0 Å². The fourth-order valence-electron chi connectivity index (χ4n) is 2.60. The molecular formula is C20H15IN4OS. The van der Waals surface area contributed by atoms with E-state index in [-0.39, 0.29) is 5.91 Å². The van der Waals surface area contributed by atoms with Gasteiger partial charge in [-0.15, -0.1) is 11.3 Å². The maximum absolute atomic E-state index is 12.5. The number of hydrogen-bond acceptors (Lipinski definition) is 4. The molecule has 4 aromatic rings. The number of halogens is 1. The summed E-state index contributed by atoms with van der Waals surface area (Å²) in [7, 11) is 0. The molecule has 0 aliphatic carbocycles. The van der Waals surface area contributed by atoms with E-state index in [1.807, 2.05) is 70.9 Å².